The first kappa shape index (κ1) is 17.8. The Balaban J connectivity index is 1.49. The molecule has 0 spiro atoms. The highest BCUT2D eigenvalue weighted by Crippen LogP contribution is 2.22. The second-order valence-electron chi connectivity index (χ2n) is 6.49. The molecule has 1 aliphatic heterocycles. The quantitative estimate of drug-likeness (QED) is 0.648. The maximum Gasteiger partial charge on any atom is 0.244 e. The normalized spacial score (nSPS) is 22.0. The van der Waals surface area contributed by atoms with Gasteiger partial charge in [0.2, 0.25) is 11.8 Å². The van der Waals surface area contributed by atoms with Crippen molar-refractivity contribution in [1.82, 2.24) is 4.90 Å². The Kier molecular flexibility index (Phi) is 6.33. The molecule has 1 aliphatic carbocycles. The van der Waals surface area contributed by atoms with Gasteiger partial charge in [-0.3, -0.25) is 9.59 Å². The van der Waals surface area contributed by atoms with Gasteiger partial charge in [0.25, 0.3) is 0 Å². The van der Waals surface area contributed by atoms with E-state index in [-0.39, 0.29) is 18.4 Å². The lowest BCUT2D eigenvalue weighted by atomic mass is 9.90. The van der Waals surface area contributed by atoms with E-state index >= 15 is 0 Å². The predicted octanol–water partition coefficient (Wildman–Crippen LogP) is 2.79. The number of hydrogen-bond donors (Lipinski definition) is 1. The first-order valence-corrected chi connectivity index (χ1v) is 10.3. The van der Waals surface area contributed by atoms with E-state index in [0.717, 1.165) is 5.69 Å². The summed E-state index contributed by atoms with van der Waals surface area (Å²) in [7, 11) is -0.431. The molecule has 6 nitrogen and oxygen atoms in total. The van der Waals surface area contributed by atoms with Crippen molar-refractivity contribution in [3.8, 4) is 0 Å². The van der Waals surface area contributed by atoms with Crippen LogP contribution in [0, 0.1) is 5.92 Å². The molecule has 2 fully saturated rings. The molecular formula is C18H24N4O2S. The van der Waals surface area contributed by atoms with E-state index in [1.807, 2.05) is 36.5 Å². The first-order chi connectivity index (χ1) is 12.2. The smallest absolute Gasteiger partial charge is 0.244 e. The predicted molar refractivity (Wildman–Crippen MR) is 101 cm³/mol. The Bertz CT molecular complexity index is 669. The van der Waals surface area contributed by atoms with Crippen LogP contribution in [0.15, 0.2) is 39.9 Å². The van der Waals surface area contributed by atoms with Gasteiger partial charge in [-0.2, -0.15) is 5.10 Å². The van der Waals surface area contributed by atoms with Crippen LogP contribution in [0.25, 0.3) is 0 Å². The summed E-state index contributed by atoms with van der Waals surface area (Å²) in [6, 6.07) is 9.25. The summed E-state index contributed by atoms with van der Waals surface area (Å²) in [6.07, 6.45) is 8.19. The van der Waals surface area contributed by atoms with E-state index in [4.69, 9.17) is 0 Å². The minimum absolute atomic E-state index is 0.0249. The van der Waals surface area contributed by atoms with Crippen LogP contribution in [0.1, 0.15) is 32.1 Å². The highest BCUT2D eigenvalue weighted by Gasteiger charge is 2.27. The second kappa shape index (κ2) is 8.89. The topological polar surface area (TPSA) is 74.1 Å². The van der Waals surface area contributed by atoms with E-state index < -0.39 is 10.7 Å². The Labute approximate surface area is 150 Å². The average Bonchev–Trinajstić information content (AvgIpc) is 2.96. The minimum atomic E-state index is -0.431. The fourth-order valence-corrected chi connectivity index (χ4v) is 4.54. The van der Waals surface area contributed by atoms with Crippen molar-refractivity contribution in [2.75, 3.05) is 23.5 Å². The van der Waals surface area contributed by atoms with Crippen molar-refractivity contribution >= 4 is 34.4 Å². The van der Waals surface area contributed by atoms with Crippen LogP contribution in [0.3, 0.4) is 0 Å². The summed E-state index contributed by atoms with van der Waals surface area (Å²) >= 11 is 0. The van der Waals surface area contributed by atoms with Gasteiger partial charge in [-0.05, 0) is 41.6 Å². The van der Waals surface area contributed by atoms with E-state index in [2.05, 4.69) is 14.9 Å². The second-order valence-corrected chi connectivity index (χ2v) is 8.12. The lowest BCUT2D eigenvalue weighted by Crippen LogP contribution is -2.34. The monoisotopic (exact) mass is 360 g/mol. The Hall–Kier alpha value is -2.02. The van der Waals surface area contributed by atoms with Crippen LogP contribution in [-0.2, 0) is 20.3 Å². The van der Waals surface area contributed by atoms with Crippen LogP contribution >= 0.6 is 0 Å². The number of benzene rings is 1. The minimum Gasteiger partial charge on any atom is -0.325 e. The van der Waals surface area contributed by atoms with Gasteiger partial charge in [-0.15, -0.1) is 4.47 Å². The van der Waals surface area contributed by atoms with Crippen molar-refractivity contribution in [2.45, 2.75) is 32.1 Å². The molecule has 2 amide bonds. The number of carbonyl (C=O) groups is 2. The number of carbonyl (C=O) groups excluding carboxylic acids is 2. The zero-order valence-corrected chi connectivity index (χ0v) is 15.1. The van der Waals surface area contributed by atoms with Gasteiger partial charge in [0.05, 0.1) is 11.6 Å². The fourth-order valence-electron chi connectivity index (χ4n) is 3.09. The third-order valence-electron chi connectivity index (χ3n) is 4.43. The Morgan fingerprint density at radius 2 is 2.00 bits per heavy atom. The maximum atomic E-state index is 12.1. The zero-order valence-electron chi connectivity index (χ0n) is 14.3. The lowest BCUT2D eigenvalue weighted by Gasteiger charge is -2.16. The molecule has 1 aromatic rings. The zero-order chi connectivity index (χ0) is 17.5. The third-order valence-corrected chi connectivity index (χ3v) is 5.94. The highest BCUT2D eigenvalue weighted by atomic mass is 32.2. The first-order valence-electron chi connectivity index (χ1n) is 8.75. The number of nitrogens with zero attached hydrogens (tertiary/aromatic N) is 3. The maximum absolute atomic E-state index is 12.1. The van der Waals surface area contributed by atoms with Crippen molar-refractivity contribution in [1.29, 1.82) is 0 Å². The Morgan fingerprint density at radius 1 is 1.24 bits per heavy atom. The molecule has 1 atom stereocenters. The largest absolute Gasteiger partial charge is 0.325 e. The highest BCUT2D eigenvalue weighted by molar-refractivity contribution is 7.88. The molecule has 0 radical (unpaired) electrons. The van der Waals surface area contributed by atoms with Crippen LogP contribution in [0.4, 0.5) is 5.69 Å². The van der Waals surface area contributed by atoms with Crippen molar-refractivity contribution in [3.63, 3.8) is 0 Å². The van der Waals surface area contributed by atoms with Gasteiger partial charge in [0, 0.05) is 11.9 Å². The molecule has 0 aromatic heterocycles. The fraction of sp³-hybridized carbons (Fsp3) is 0.500. The van der Waals surface area contributed by atoms with Crippen LogP contribution < -0.4 is 5.32 Å². The summed E-state index contributed by atoms with van der Waals surface area (Å²) in [5.41, 5.74) is 0.736. The molecule has 7 heteroatoms. The van der Waals surface area contributed by atoms with Gasteiger partial charge in [0.15, 0.2) is 0 Å². The molecule has 1 unspecified atom stereocenters. The number of hydrogen-bond acceptors (Lipinski definition) is 3. The molecule has 0 bridgehead atoms. The summed E-state index contributed by atoms with van der Waals surface area (Å²) in [4.78, 5) is 25.7. The molecule has 1 saturated heterocycles. The summed E-state index contributed by atoms with van der Waals surface area (Å²) in [5.74, 6) is 1.18. The summed E-state index contributed by atoms with van der Waals surface area (Å²) < 4.78 is 4.31. The molecule has 25 heavy (non-hydrogen) atoms. The number of nitrogens with one attached hydrogen (secondary N) is 1. The van der Waals surface area contributed by atoms with Crippen LogP contribution in [0.5, 0.6) is 0 Å². The number of amides is 2. The molecule has 134 valence electrons. The molecule has 1 aromatic carbocycles. The molecule has 1 saturated carbocycles. The SMILES string of the molecule is O=C(CN1C/S(=N\N=C\C2CCCCC2)CC1=O)Nc1ccccc1. The van der Waals surface area contributed by atoms with E-state index in [1.54, 1.807) is 4.90 Å². The van der Waals surface area contributed by atoms with Gasteiger partial charge in [0.1, 0.15) is 6.54 Å². The van der Waals surface area contributed by atoms with Gasteiger partial charge < -0.3 is 10.2 Å². The standard InChI is InChI=1S/C18H24N4O2S/c23-17(20-16-9-5-2-6-10-16)12-22-14-25(13-18(22)24)21-19-11-15-7-3-1-4-8-15/h2,5-6,9-11,15H,1,3-4,7-8,12-14H2,(H,20,23)/b19-11+. The van der Waals surface area contributed by atoms with Gasteiger partial charge in [-0.25, -0.2) is 0 Å². The van der Waals surface area contributed by atoms with Gasteiger partial charge >= 0.3 is 0 Å². The molecule has 3 rings (SSSR count). The van der Waals surface area contributed by atoms with Gasteiger partial charge in [-0.1, -0.05) is 37.5 Å². The number of para-hydroxylation sites is 1. The third kappa shape index (κ3) is 5.49. The molecule has 1 heterocycles. The van der Waals surface area contributed by atoms with Crippen molar-refractivity contribution in [3.05, 3.63) is 30.3 Å². The van der Waals surface area contributed by atoms with Crippen LogP contribution in [-0.4, -0.2) is 41.1 Å². The average molecular weight is 360 g/mol. The molecule has 1 N–H and O–H groups in total. The van der Waals surface area contributed by atoms with Crippen molar-refractivity contribution < 1.29 is 9.59 Å². The van der Waals surface area contributed by atoms with Crippen molar-refractivity contribution in [2.24, 2.45) is 15.5 Å². The van der Waals surface area contributed by atoms with E-state index in [1.165, 1.54) is 32.1 Å². The summed E-state index contributed by atoms with van der Waals surface area (Å²) in [6.45, 7) is 0.0685. The molecule has 2 aliphatic rings. The van der Waals surface area contributed by atoms with E-state index in [0.29, 0.717) is 17.5 Å². The lowest BCUT2D eigenvalue weighted by molar-refractivity contribution is -0.130. The number of rotatable bonds is 5. The Morgan fingerprint density at radius 3 is 2.76 bits per heavy atom. The van der Waals surface area contributed by atoms with E-state index in [9.17, 15) is 9.59 Å². The number of anilines is 1. The molecular weight excluding hydrogens is 336 g/mol. The summed E-state index contributed by atoms with van der Waals surface area (Å²) in [5, 5.41) is 7.03. The van der Waals surface area contributed by atoms with Crippen LogP contribution in [0.2, 0.25) is 0 Å².